The van der Waals surface area contributed by atoms with E-state index in [1.807, 2.05) is 0 Å². The maximum Gasteiger partial charge on any atom is 0.404 e. The van der Waals surface area contributed by atoms with Crippen molar-refractivity contribution in [3.63, 3.8) is 0 Å². The van der Waals surface area contributed by atoms with Gasteiger partial charge in [0.15, 0.2) is 0 Å². The molecule has 1 N–H and O–H groups in total. The van der Waals surface area contributed by atoms with Crippen LogP contribution in [0.1, 0.15) is 5.56 Å². The third kappa shape index (κ3) is 3.79. The molecule has 2 nitrogen and oxygen atoms in total. The van der Waals surface area contributed by atoms with Crippen LogP contribution in [0, 0.1) is 0 Å². The van der Waals surface area contributed by atoms with E-state index in [1.165, 1.54) is 19.4 Å². The van der Waals surface area contributed by atoms with Crippen molar-refractivity contribution in [3.05, 3.63) is 28.5 Å². The summed E-state index contributed by atoms with van der Waals surface area (Å²) in [6, 6.07) is 0.0944. The lowest BCUT2D eigenvalue weighted by atomic mass is 10.1. The molecule has 1 heterocycles. The quantitative estimate of drug-likeness (QED) is 0.922. The van der Waals surface area contributed by atoms with Crippen molar-refractivity contribution < 1.29 is 13.2 Å². The molecule has 6 heteroatoms. The van der Waals surface area contributed by atoms with Crippen LogP contribution in [0.4, 0.5) is 13.2 Å². The third-order valence-corrected chi connectivity index (χ3v) is 2.38. The summed E-state index contributed by atoms with van der Waals surface area (Å²) in [5.41, 5.74) is 0.543. The van der Waals surface area contributed by atoms with E-state index in [0.717, 1.165) is 0 Å². The summed E-state index contributed by atoms with van der Waals surface area (Å²) in [6.45, 7) is 0. The Labute approximate surface area is 94.0 Å². The standard InChI is InChI=1S/C9H10BrF3N2/c1-14-8(9(11,12)13)3-6-2-7(10)5-15-4-6/h2,4-5,8,14H,3H2,1H3. The number of nitrogens with zero attached hydrogens (tertiary/aromatic N) is 1. The van der Waals surface area contributed by atoms with Gasteiger partial charge in [-0.2, -0.15) is 13.2 Å². The molecule has 0 aromatic carbocycles. The van der Waals surface area contributed by atoms with Crippen molar-refractivity contribution in [3.8, 4) is 0 Å². The molecule has 0 aliphatic heterocycles. The Morgan fingerprint density at radius 1 is 1.47 bits per heavy atom. The average molecular weight is 283 g/mol. The van der Waals surface area contributed by atoms with E-state index in [2.05, 4.69) is 26.2 Å². The smallest absolute Gasteiger partial charge is 0.309 e. The number of likely N-dealkylation sites (N-methyl/N-ethyl adjacent to an activating group) is 1. The number of halogens is 4. The van der Waals surface area contributed by atoms with Crippen LogP contribution < -0.4 is 5.32 Å². The lowest BCUT2D eigenvalue weighted by Gasteiger charge is -2.19. The first-order valence-electron chi connectivity index (χ1n) is 4.27. The number of nitrogens with one attached hydrogen (secondary N) is 1. The highest BCUT2D eigenvalue weighted by Crippen LogP contribution is 2.23. The van der Waals surface area contributed by atoms with Gasteiger partial charge in [0.05, 0.1) is 0 Å². The van der Waals surface area contributed by atoms with Crippen LogP contribution in [-0.4, -0.2) is 24.2 Å². The molecular weight excluding hydrogens is 273 g/mol. The summed E-state index contributed by atoms with van der Waals surface area (Å²) < 4.78 is 37.9. The second kappa shape index (κ2) is 4.94. The molecule has 0 spiro atoms. The molecule has 0 saturated carbocycles. The first-order chi connectivity index (χ1) is 6.93. The summed E-state index contributed by atoms with van der Waals surface area (Å²) in [4.78, 5) is 3.81. The second-order valence-corrected chi connectivity index (χ2v) is 4.01. The Balaban J connectivity index is 2.76. The Morgan fingerprint density at radius 2 is 2.13 bits per heavy atom. The topological polar surface area (TPSA) is 24.9 Å². The molecule has 0 fully saturated rings. The molecule has 0 radical (unpaired) electrons. The molecule has 0 bridgehead atoms. The largest absolute Gasteiger partial charge is 0.404 e. The summed E-state index contributed by atoms with van der Waals surface area (Å²) in [5.74, 6) is 0. The monoisotopic (exact) mass is 282 g/mol. The van der Waals surface area contributed by atoms with E-state index >= 15 is 0 Å². The molecule has 1 aromatic rings. The normalized spacial score (nSPS) is 13.9. The fourth-order valence-electron chi connectivity index (χ4n) is 1.18. The highest BCUT2D eigenvalue weighted by Gasteiger charge is 2.38. The van der Waals surface area contributed by atoms with E-state index in [-0.39, 0.29) is 6.42 Å². The molecule has 1 rings (SSSR count). The van der Waals surface area contributed by atoms with Gasteiger partial charge in [-0.1, -0.05) is 0 Å². The Morgan fingerprint density at radius 3 is 2.60 bits per heavy atom. The molecular formula is C9H10BrF3N2. The van der Waals surface area contributed by atoms with Crippen LogP contribution >= 0.6 is 15.9 Å². The van der Waals surface area contributed by atoms with Gasteiger partial charge in [-0.25, -0.2) is 0 Å². The Kier molecular flexibility index (Phi) is 4.10. The lowest BCUT2D eigenvalue weighted by molar-refractivity contribution is -0.154. The Hall–Kier alpha value is -0.620. The van der Waals surface area contributed by atoms with Crippen LogP contribution in [0.5, 0.6) is 0 Å². The molecule has 15 heavy (non-hydrogen) atoms. The predicted molar refractivity (Wildman–Crippen MR) is 54.5 cm³/mol. The maximum atomic E-state index is 12.4. The molecule has 84 valence electrons. The van der Waals surface area contributed by atoms with Crippen LogP contribution in [0.25, 0.3) is 0 Å². The molecule has 0 amide bonds. The highest BCUT2D eigenvalue weighted by atomic mass is 79.9. The third-order valence-electron chi connectivity index (χ3n) is 1.94. The number of hydrogen-bond donors (Lipinski definition) is 1. The van der Waals surface area contributed by atoms with Crippen molar-refractivity contribution in [2.75, 3.05) is 7.05 Å². The van der Waals surface area contributed by atoms with Gasteiger partial charge in [-0.15, -0.1) is 0 Å². The summed E-state index contributed by atoms with van der Waals surface area (Å²) in [7, 11) is 1.30. The summed E-state index contributed by atoms with van der Waals surface area (Å²) >= 11 is 3.16. The molecule has 1 unspecified atom stereocenters. The molecule has 1 aromatic heterocycles. The first kappa shape index (κ1) is 12.4. The minimum absolute atomic E-state index is 0.119. The zero-order chi connectivity index (χ0) is 11.5. The van der Waals surface area contributed by atoms with Crippen LogP contribution in [0.15, 0.2) is 22.9 Å². The molecule has 0 saturated heterocycles. The molecule has 0 aliphatic rings. The van der Waals surface area contributed by atoms with Gasteiger partial charge >= 0.3 is 6.18 Å². The number of rotatable bonds is 3. The van der Waals surface area contributed by atoms with Crippen LogP contribution in [0.3, 0.4) is 0 Å². The van der Waals surface area contributed by atoms with E-state index < -0.39 is 12.2 Å². The van der Waals surface area contributed by atoms with E-state index in [1.54, 1.807) is 6.07 Å². The number of hydrogen-bond acceptors (Lipinski definition) is 2. The van der Waals surface area contributed by atoms with Crippen LogP contribution in [0.2, 0.25) is 0 Å². The van der Waals surface area contributed by atoms with Gasteiger partial charge in [0.25, 0.3) is 0 Å². The van der Waals surface area contributed by atoms with E-state index in [9.17, 15) is 13.2 Å². The van der Waals surface area contributed by atoms with Gasteiger partial charge in [0.2, 0.25) is 0 Å². The summed E-state index contributed by atoms with van der Waals surface area (Å²) in [6.07, 6.45) is -1.39. The minimum atomic E-state index is -4.24. The van der Waals surface area contributed by atoms with E-state index in [0.29, 0.717) is 10.0 Å². The van der Waals surface area contributed by atoms with Crippen LogP contribution in [-0.2, 0) is 6.42 Å². The number of alkyl halides is 3. The van der Waals surface area contributed by atoms with Gasteiger partial charge in [-0.05, 0) is 41.0 Å². The van der Waals surface area contributed by atoms with Crippen molar-refractivity contribution >= 4 is 15.9 Å². The maximum absolute atomic E-state index is 12.4. The average Bonchev–Trinajstić information content (AvgIpc) is 2.12. The first-order valence-corrected chi connectivity index (χ1v) is 5.06. The zero-order valence-corrected chi connectivity index (χ0v) is 9.56. The zero-order valence-electron chi connectivity index (χ0n) is 7.98. The fourth-order valence-corrected chi connectivity index (χ4v) is 1.60. The highest BCUT2D eigenvalue weighted by molar-refractivity contribution is 9.10. The fraction of sp³-hybridized carbons (Fsp3) is 0.444. The lowest BCUT2D eigenvalue weighted by Crippen LogP contribution is -2.41. The number of aromatic nitrogens is 1. The summed E-state index contributed by atoms with van der Waals surface area (Å²) in [5, 5.41) is 2.24. The minimum Gasteiger partial charge on any atom is -0.309 e. The SMILES string of the molecule is CNC(Cc1cncc(Br)c1)C(F)(F)F. The number of pyridine rings is 1. The van der Waals surface area contributed by atoms with E-state index in [4.69, 9.17) is 0 Å². The van der Waals surface area contributed by atoms with Crippen molar-refractivity contribution in [2.45, 2.75) is 18.6 Å². The van der Waals surface area contributed by atoms with Gasteiger partial charge in [0, 0.05) is 16.9 Å². The van der Waals surface area contributed by atoms with Crippen molar-refractivity contribution in [2.24, 2.45) is 0 Å². The van der Waals surface area contributed by atoms with Gasteiger partial charge < -0.3 is 5.32 Å². The molecule has 1 atom stereocenters. The van der Waals surface area contributed by atoms with Gasteiger partial charge in [0.1, 0.15) is 6.04 Å². The van der Waals surface area contributed by atoms with Gasteiger partial charge in [-0.3, -0.25) is 4.98 Å². The predicted octanol–water partition coefficient (Wildman–Crippen LogP) is 2.54. The molecule has 0 aliphatic carbocycles. The van der Waals surface area contributed by atoms with Crippen molar-refractivity contribution in [1.29, 1.82) is 0 Å². The second-order valence-electron chi connectivity index (χ2n) is 3.10. The Bertz CT molecular complexity index is 327. The van der Waals surface area contributed by atoms with Crippen molar-refractivity contribution in [1.82, 2.24) is 10.3 Å².